The zero-order valence-corrected chi connectivity index (χ0v) is 12.1. The van der Waals surface area contributed by atoms with Crippen LogP contribution in [0.3, 0.4) is 0 Å². The molecule has 0 spiro atoms. The smallest absolute Gasteiger partial charge is 0.330 e. The number of aromatic nitrogens is 2. The van der Waals surface area contributed by atoms with Gasteiger partial charge in [0.1, 0.15) is 0 Å². The Kier molecular flexibility index (Phi) is 4.79. The van der Waals surface area contributed by atoms with Crippen molar-refractivity contribution in [1.29, 1.82) is 0 Å². The van der Waals surface area contributed by atoms with Gasteiger partial charge in [0.25, 0.3) is 6.01 Å². The fourth-order valence-corrected chi connectivity index (χ4v) is 2.07. The molecule has 2 heterocycles. The Morgan fingerprint density at radius 2 is 2.35 bits per heavy atom. The lowest BCUT2D eigenvalue weighted by molar-refractivity contribution is -0.137. The first kappa shape index (κ1) is 14.6. The minimum Gasteiger partial charge on any atom is -0.468 e. The van der Waals surface area contributed by atoms with Crippen LogP contribution in [0.4, 0.5) is 0 Å². The summed E-state index contributed by atoms with van der Waals surface area (Å²) in [6.45, 7) is 5.49. The van der Waals surface area contributed by atoms with Crippen LogP contribution in [0.5, 0.6) is 6.01 Å². The molecule has 1 aromatic heterocycles. The van der Waals surface area contributed by atoms with Gasteiger partial charge >= 0.3 is 5.97 Å². The minimum absolute atomic E-state index is 0.187. The van der Waals surface area contributed by atoms with Crippen molar-refractivity contribution in [2.45, 2.75) is 32.9 Å². The monoisotopic (exact) mass is 280 g/mol. The molecule has 6 heteroatoms. The van der Waals surface area contributed by atoms with E-state index in [9.17, 15) is 4.79 Å². The second kappa shape index (κ2) is 6.56. The van der Waals surface area contributed by atoms with E-state index in [-0.39, 0.29) is 12.1 Å². The Morgan fingerprint density at radius 3 is 2.90 bits per heavy atom. The van der Waals surface area contributed by atoms with Crippen LogP contribution >= 0.6 is 0 Å². The molecule has 0 aromatic carbocycles. The maximum atomic E-state index is 11.4. The van der Waals surface area contributed by atoms with E-state index in [4.69, 9.17) is 14.2 Å². The molecule has 0 amide bonds. The van der Waals surface area contributed by atoms with Crippen LogP contribution in [0.15, 0.2) is 6.08 Å². The summed E-state index contributed by atoms with van der Waals surface area (Å²) in [5, 5.41) is 0. The van der Waals surface area contributed by atoms with Gasteiger partial charge in [-0.25, -0.2) is 4.79 Å². The maximum absolute atomic E-state index is 11.4. The molecular formula is C14H20N2O4. The second-order valence-corrected chi connectivity index (χ2v) is 4.55. The highest BCUT2D eigenvalue weighted by atomic mass is 16.5. The summed E-state index contributed by atoms with van der Waals surface area (Å²) in [7, 11) is 1.58. The van der Waals surface area contributed by atoms with Crippen molar-refractivity contribution in [2.24, 2.45) is 0 Å². The molecular weight excluding hydrogens is 260 g/mol. The van der Waals surface area contributed by atoms with E-state index >= 15 is 0 Å². The molecule has 0 bridgehead atoms. The fraction of sp³-hybridized carbons (Fsp3) is 0.571. The molecule has 0 saturated carbocycles. The molecule has 0 N–H and O–H groups in total. The number of nitrogens with zero attached hydrogens (tertiary/aromatic N) is 2. The Balaban J connectivity index is 2.20. The largest absolute Gasteiger partial charge is 0.468 e. The third kappa shape index (κ3) is 3.19. The fourth-order valence-electron chi connectivity index (χ4n) is 2.07. The van der Waals surface area contributed by atoms with Crippen LogP contribution < -0.4 is 4.74 Å². The van der Waals surface area contributed by atoms with Gasteiger partial charge in [0.2, 0.25) is 0 Å². The minimum atomic E-state index is -0.362. The lowest BCUT2D eigenvalue weighted by Gasteiger charge is -2.27. The molecule has 20 heavy (non-hydrogen) atoms. The standard InChI is InChI=1S/C14H20N2O4/c1-4-19-13(17)6-5-12-10(2)15-14(18-3)16(12)9-11-7-8-20-11/h5-6,11H,4,7-9H2,1-3H3/b6-5+/t11-/m0/s1. The number of rotatable bonds is 6. The number of methoxy groups -OCH3 is 1. The van der Waals surface area contributed by atoms with Crippen molar-refractivity contribution >= 4 is 12.0 Å². The van der Waals surface area contributed by atoms with Crippen molar-refractivity contribution in [2.75, 3.05) is 20.3 Å². The number of esters is 1. The lowest BCUT2D eigenvalue weighted by atomic mass is 10.2. The highest BCUT2D eigenvalue weighted by Crippen LogP contribution is 2.23. The van der Waals surface area contributed by atoms with Crippen molar-refractivity contribution < 1.29 is 19.0 Å². The molecule has 110 valence electrons. The summed E-state index contributed by atoms with van der Waals surface area (Å²) < 4.78 is 17.5. The molecule has 1 aliphatic rings. The first-order valence-corrected chi connectivity index (χ1v) is 6.73. The summed E-state index contributed by atoms with van der Waals surface area (Å²) in [5.41, 5.74) is 1.65. The summed E-state index contributed by atoms with van der Waals surface area (Å²) in [6.07, 6.45) is 4.33. The van der Waals surface area contributed by atoms with Gasteiger partial charge in [-0.1, -0.05) is 0 Å². The molecule has 6 nitrogen and oxygen atoms in total. The van der Waals surface area contributed by atoms with E-state index in [2.05, 4.69) is 4.98 Å². The topological polar surface area (TPSA) is 62.6 Å². The Morgan fingerprint density at radius 1 is 1.60 bits per heavy atom. The summed E-state index contributed by atoms with van der Waals surface area (Å²) in [4.78, 5) is 15.8. The zero-order valence-electron chi connectivity index (χ0n) is 12.1. The Bertz CT molecular complexity index is 504. The van der Waals surface area contributed by atoms with E-state index in [1.165, 1.54) is 6.08 Å². The van der Waals surface area contributed by atoms with Gasteiger partial charge < -0.3 is 14.2 Å². The van der Waals surface area contributed by atoms with Gasteiger partial charge in [-0.05, 0) is 26.3 Å². The number of aryl methyl sites for hydroxylation is 1. The van der Waals surface area contributed by atoms with Gasteiger partial charge in [-0.15, -0.1) is 0 Å². The SMILES string of the molecule is CCOC(=O)/C=C/c1c(C)nc(OC)n1C[C@@H]1CCO1. The third-order valence-corrected chi connectivity index (χ3v) is 3.18. The summed E-state index contributed by atoms with van der Waals surface area (Å²) in [5.74, 6) is -0.362. The van der Waals surface area contributed by atoms with E-state index in [1.807, 2.05) is 11.5 Å². The van der Waals surface area contributed by atoms with Crippen LogP contribution in [-0.4, -0.2) is 41.9 Å². The first-order chi connectivity index (χ1) is 9.65. The van der Waals surface area contributed by atoms with Crippen LogP contribution in [-0.2, 0) is 20.8 Å². The van der Waals surface area contributed by atoms with Crippen molar-refractivity contribution in [3.05, 3.63) is 17.5 Å². The number of hydrogen-bond acceptors (Lipinski definition) is 5. The molecule has 0 unspecified atom stereocenters. The van der Waals surface area contributed by atoms with E-state index < -0.39 is 0 Å². The third-order valence-electron chi connectivity index (χ3n) is 3.18. The highest BCUT2D eigenvalue weighted by molar-refractivity contribution is 5.86. The van der Waals surface area contributed by atoms with Crippen LogP contribution in [0.1, 0.15) is 24.7 Å². The van der Waals surface area contributed by atoms with Gasteiger partial charge in [-0.2, -0.15) is 4.98 Å². The van der Waals surface area contributed by atoms with Crippen molar-refractivity contribution in [3.63, 3.8) is 0 Å². The normalized spacial score (nSPS) is 18.1. The molecule has 1 aromatic rings. The molecule has 1 saturated heterocycles. The van der Waals surface area contributed by atoms with Crippen molar-refractivity contribution in [1.82, 2.24) is 9.55 Å². The number of ether oxygens (including phenoxy) is 3. The second-order valence-electron chi connectivity index (χ2n) is 4.55. The van der Waals surface area contributed by atoms with E-state index in [0.29, 0.717) is 19.2 Å². The molecule has 2 rings (SSSR count). The molecule has 1 aliphatic heterocycles. The number of imidazole rings is 1. The summed E-state index contributed by atoms with van der Waals surface area (Å²) >= 11 is 0. The lowest BCUT2D eigenvalue weighted by Crippen LogP contribution is -2.31. The van der Waals surface area contributed by atoms with Gasteiger partial charge in [0, 0.05) is 12.7 Å². The highest BCUT2D eigenvalue weighted by Gasteiger charge is 2.22. The number of carbonyl (C=O) groups excluding carboxylic acids is 1. The quantitative estimate of drug-likeness (QED) is 0.584. The molecule has 1 fully saturated rings. The van der Waals surface area contributed by atoms with Crippen LogP contribution in [0.25, 0.3) is 6.08 Å². The average molecular weight is 280 g/mol. The van der Waals surface area contributed by atoms with Gasteiger partial charge in [0.15, 0.2) is 0 Å². The van der Waals surface area contributed by atoms with Crippen LogP contribution in [0, 0.1) is 6.92 Å². The van der Waals surface area contributed by atoms with E-state index in [0.717, 1.165) is 24.4 Å². The van der Waals surface area contributed by atoms with E-state index in [1.54, 1.807) is 20.1 Å². The number of carbonyl (C=O) groups is 1. The van der Waals surface area contributed by atoms with Gasteiger partial charge in [-0.3, -0.25) is 4.57 Å². The Hall–Kier alpha value is -1.82. The predicted octanol–water partition coefficient (Wildman–Crippen LogP) is 1.57. The van der Waals surface area contributed by atoms with Gasteiger partial charge in [0.05, 0.1) is 37.8 Å². The first-order valence-electron chi connectivity index (χ1n) is 6.73. The number of hydrogen-bond donors (Lipinski definition) is 0. The Labute approximate surface area is 118 Å². The summed E-state index contributed by atoms with van der Waals surface area (Å²) in [6, 6.07) is 0.529. The van der Waals surface area contributed by atoms with Crippen LogP contribution in [0.2, 0.25) is 0 Å². The molecule has 1 atom stereocenters. The molecule has 0 radical (unpaired) electrons. The average Bonchev–Trinajstić information content (AvgIpc) is 2.67. The predicted molar refractivity (Wildman–Crippen MR) is 73.5 cm³/mol. The zero-order chi connectivity index (χ0) is 14.5. The van der Waals surface area contributed by atoms with Crippen molar-refractivity contribution in [3.8, 4) is 6.01 Å². The molecule has 0 aliphatic carbocycles. The maximum Gasteiger partial charge on any atom is 0.330 e.